The highest BCUT2D eigenvalue weighted by Gasteiger charge is 2.13. The van der Waals surface area contributed by atoms with Crippen LogP contribution in [0.1, 0.15) is 12.5 Å². The number of hydrogen-bond acceptors (Lipinski definition) is 3. The Hall–Kier alpha value is -4.89. The molecule has 3 heteroatoms. The first-order valence-electron chi connectivity index (χ1n) is 12.9. The van der Waals surface area contributed by atoms with E-state index in [1.807, 2.05) is 12.1 Å². The van der Waals surface area contributed by atoms with E-state index in [9.17, 15) is 0 Å². The lowest BCUT2D eigenvalue weighted by Crippen LogP contribution is -2.00. The van der Waals surface area contributed by atoms with Crippen molar-refractivity contribution in [3.63, 3.8) is 0 Å². The fourth-order valence-corrected chi connectivity index (χ4v) is 4.58. The molecule has 0 fully saturated rings. The third kappa shape index (κ3) is 5.00. The lowest BCUT2D eigenvalue weighted by Gasteiger charge is -2.10. The molecule has 0 spiro atoms. The van der Waals surface area contributed by atoms with E-state index in [0.29, 0.717) is 17.5 Å². The molecule has 0 atom stereocenters. The predicted octanol–water partition coefficient (Wildman–Crippen LogP) is 8.77. The fourth-order valence-electron chi connectivity index (χ4n) is 4.58. The van der Waals surface area contributed by atoms with Gasteiger partial charge in [0, 0.05) is 16.7 Å². The summed E-state index contributed by atoms with van der Waals surface area (Å²) in [6, 6.07) is 46.1. The second-order valence-corrected chi connectivity index (χ2v) is 9.25. The van der Waals surface area contributed by atoms with E-state index in [-0.39, 0.29) is 0 Å². The van der Waals surface area contributed by atoms with Gasteiger partial charge in [-0.25, -0.2) is 15.0 Å². The van der Waals surface area contributed by atoms with Crippen molar-refractivity contribution in [1.82, 2.24) is 15.0 Å². The van der Waals surface area contributed by atoms with Gasteiger partial charge in [-0.1, -0.05) is 134 Å². The van der Waals surface area contributed by atoms with Gasteiger partial charge in [0.05, 0.1) is 0 Å². The van der Waals surface area contributed by atoms with Crippen LogP contribution >= 0.6 is 0 Å². The molecule has 0 N–H and O–H groups in total. The highest BCUT2D eigenvalue weighted by Crippen LogP contribution is 2.28. The summed E-state index contributed by atoms with van der Waals surface area (Å²) in [5.74, 6) is 2.01. The summed E-state index contributed by atoms with van der Waals surface area (Å²) in [4.78, 5) is 14.8. The van der Waals surface area contributed by atoms with Gasteiger partial charge in [0.1, 0.15) is 0 Å². The van der Waals surface area contributed by atoms with Gasteiger partial charge >= 0.3 is 0 Å². The van der Waals surface area contributed by atoms with E-state index in [2.05, 4.69) is 128 Å². The van der Waals surface area contributed by atoms with Crippen molar-refractivity contribution in [3.8, 4) is 56.4 Å². The maximum Gasteiger partial charge on any atom is 0.164 e. The molecule has 0 radical (unpaired) electrons. The van der Waals surface area contributed by atoms with Gasteiger partial charge in [0.15, 0.2) is 17.5 Å². The molecule has 0 saturated heterocycles. The summed E-state index contributed by atoms with van der Waals surface area (Å²) < 4.78 is 0. The molecule has 0 aliphatic carbocycles. The summed E-state index contributed by atoms with van der Waals surface area (Å²) in [6.45, 7) is 2.16. The molecule has 3 nitrogen and oxygen atoms in total. The largest absolute Gasteiger partial charge is 0.208 e. The Balaban J connectivity index is 1.43. The summed E-state index contributed by atoms with van der Waals surface area (Å²) in [7, 11) is 0. The fraction of sp³-hybridized carbons (Fsp3) is 0.0571. The number of nitrogens with zero attached hydrogens (tertiary/aromatic N) is 3. The molecule has 1 aromatic heterocycles. The van der Waals surface area contributed by atoms with Crippen molar-refractivity contribution in [2.24, 2.45) is 0 Å². The van der Waals surface area contributed by atoms with E-state index >= 15 is 0 Å². The lowest BCUT2D eigenvalue weighted by molar-refractivity contribution is 1.07. The van der Waals surface area contributed by atoms with Crippen molar-refractivity contribution in [2.75, 3.05) is 0 Å². The van der Waals surface area contributed by atoms with Crippen LogP contribution in [-0.4, -0.2) is 15.0 Å². The number of benzene rings is 5. The minimum atomic E-state index is 0.665. The molecular formula is C35H27N3. The van der Waals surface area contributed by atoms with E-state index in [1.54, 1.807) is 0 Å². The van der Waals surface area contributed by atoms with E-state index in [4.69, 9.17) is 15.0 Å². The maximum atomic E-state index is 4.92. The molecule has 0 saturated carbocycles. The van der Waals surface area contributed by atoms with Crippen molar-refractivity contribution in [1.29, 1.82) is 0 Å². The van der Waals surface area contributed by atoms with Gasteiger partial charge in [-0.05, 0) is 40.3 Å². The highest BCUT2D eigenvalue weighted by atomic mass is 15.0. The van der Waals surface area contributed by atoms with Crippen LogP contribution in [0.3, 0.4) is 0 Å². The lowest BCUT2D eigenvalue weighted by atomic mass is 10.0. The monoisotopic (exact) mass is 489 g/mol. The standard InChI is InChI=1S/C35H27N3/c1-2-25-10-9-15-32(24-25)35-37-33(30-20-16-28(17-21-30)26-11-5-3-6-12-26)36-34(38-35)31-22-18-29(19-23-31)27-13-7-4-8-14-27/h3-24H,2H2,1H3. The first-order valence-corrected chi connectivity index (χ1v) is 12.9. The zero-order chi connectivity index (χ0) is 25.7. The van der Waals surface area contributed by atoms with Gasteiger partial charge in [0.25, 0.3) is 0 Å². The molecule has 6 rings (SSSR count). The van der Waals surface area contributed by atoms with Crippen molar-refractivity contribution >= 4 is 0 Å². The van der Waals surface area contributed by atoms with Gasteiger partial charge in [0.2, 0.25) is 0 Å². The molecule has 0 unspecified atom stereocenters. The van der Waals surface area contributed by atoms with E-state index < -0.39 is 0 Å². The molecule has 0 bridgehead atoms. The number of rotatable bonds is 6. The minimum absolute atomic E-state index is 0.665. The zero-order valence-electron chi connectivity index (χ0n) is 21.3. The average molecular weight is 490 g/mol. The van der Waals surface area contributed by atoms with Gasteiger partial charge in [-0.2, -0.15) is 0 Å². The molecule has 0 amide bonds. The molecule has 6 aromatic rings. The normalized spacial score (nSPS) is 10.9. The third-order valence-electron chi connectivity index (χ3n) is 6.73. The van der Waals surface area contributed by atoms with E-state index in [0.717, 1.165) is 34.2 Å². The first kappa shape index (κ1) is 23.5. The number of aromatic nitrogens is 3. The van der Waals surface area contributed by atoms with Gasteiger partial charge < -0.3 is 0 Å². The van der Waals surface area contributed by atoms with Crippen molar-refractivity contribution < 1.29 is 0 Å². The molecule has 182 valence electrons. The van der Waals surface area contributed by atoms with Crippen LogP contribution < -0.4 is 0 Å². The Kier molecular flexibility index (Phi) is 6.57. The summed E-state index contributed by atoms with van der Waals surface area (Å²) >= 11 is 0. The smallest absolute Gasteiger partial charge is 0.164 e. The number of hydrogen-bond donors (Lipinski definition) is 0. The van der Waals surface area contributed by atoms with Gasteiger partial charge in [-0.15, -0.1) is 0 Å². The van der Waals surface area contributed by atoms with Crippen molar-refractivity contribution in [2.45, 2.75) is 13.3 Å². The van der Waals surface area contributed by atoms with Crippen molar-refractivity contribution in [3.05, 3.63) is 139 Å². The van der Waals surface area contributed by atoms with Crippen LogP contribution in [0.15, 0.2) is 133 Å². The maximum absolute atomic E-state index is 4.92. The summed E-state index contributed by atoms with van der Waals surface area (Å²) in [6.07, 6.45) is 0.959. The summed E-state index contributed by atoms with van der Waals surface area (Å²) in [5.41, 5.74) is 8.87. The quantitative estimate of drug-likeness (QED) is 0.235. The second kappa shape index (κ2) is 10.6. The van der Waals surface area contributed by atoms with Gasteiger partial charge in [-0.3, -0.25) is 0 Å². The number of aryl methyl sites for hydroxylation is 1. The highest BCUT2D eigenvalue weighted by molar-refractivity contribution is 5.72. The molecule has 5 aromatic carbocycles. The average Bonchev–Trinajstić information content (AvgIpc) is 3.02. The first-order chi connectivity index (χ1) is 18.8. The topological polar surface area (TPSA) is 38.7 Å². The predicted molar refractivity (Wildman–Crippen MR) is 156 cm³/mol. The molecule has 0 aliphatic rings. The van der Waals surface area contributed by atoms with Crippen LogP contribution in [0, 0.1) is 0 Å². The Morgan fingerprint density at radius 1 is 0.368 bits per heavy atom. The molecular weight excluding hydrogens is 462 g/mol. The summed E-state index contributed by atoms with van der Waals surface area (Å²) in [5, 5.41) is 0. The SMILES string of the molecule is CCc1cccc(-c2nc(-c3ccc(-c4ccccc4)cc3)nc(-c3ccc(-c4ccccc4)cc3)n2)c1. The Morgan fingerprint density at radius 2 is 0.737 bits per heavy atom. The van der Waals surface area contributed by atoms with Crippen LogP contribution in [0.5, 0.6) is 0 Å². The molecule has 0 aliphatic heterocycles. The minimum Gasteiger partial charge on any atom is -0.208 e. The van der Waals surface area contributed by atoms with E-state index in [1.165, 1.54) is 16.7 Å². The Labute approximate surface area is 223 Å². The molecule has 1 heterocycles. The van der Waals surface area contributed by atoms with Crippen LogP contribution in [0.25, 0.3) is 56.4 Å². The second-order valence-electron chi connectivity index (χ2n) is 9.25. The van der Waals surface area contributed by atoms with Crippen LogP contribution in [-0.2, 0) is 6.42 Å². The third-order valence-corrected chi connectivity index (χ3v) is 6.73. The van der Waals surface area contributed by atoms with Crippen LogP contribution in [0.4, 0.5) is 0 Å². The van der Waals surface area contributed by atoms with Crippen LogP contribution in [0.2, 0.25) is 0 Å². The molecule has 38 heavy (non-hydrogen) atoms. The zero-order valence-corrected chi connectivity index (χ0v) is 21.3. The Morgan fingerprint density at radius 3 is 1.18 bits per heavy atom. The Bertz CT molecular complexity index is 1560.